The summed E-state index contributed by atoms with van der Waals surface area (Å²) in [5, 5.41) is 7.72. The smallest absolute Gasteiger partial charge is 0.226 e. The maximum atomic E-state index is 5.63. The second-order valence-corrected chi connectivity index (χ2v) is 8.17. The molecule has 1 aromatic carbocycles. The highest BCUT2D eigenvalue weighted by molar-refractivity contribution is 7.99. The molecule has 3 rings (SSSR count). The average molecular weight is 387 g/mol. The van der Waals surface area contributed by atoms with E-state index >= 15 is 0 Å². The number of benzene rings is 1. The van der Waals surface area contributed by atoms with Crippen LogP contribution in [0.15, 0.2) is 39.9 Å². The quantitative estimate of drug-likeness (QED) is 0.556. The van der Waals surface area contributed by atoms with Crippen molar-refractivity contribution >= 4 is 17.7 Å². The summed E-state index contributed by atoms with van der Waals surface area (Å²) >= 11 is 1.97. The third-order valence-electron chi connectivity index (χ3n) is 4.89. The molecule has 0 radical (unpaired) electrons. The molecule has 146 valence electrons. The van der Waals surface area contributed by atoms with Crippen LogP contribution in [0.25, 0.3) is 11.5 Å². The Balaban J connectivity index is 1.53. The summed E-state index contributed by atoms with van der Waals surface area (Å²) in [6, 6.07) is 8.75. The molecule has 0 saturated heterocycles. The van der Waals surface area contributed by atoms with Crippen LogP contribution >= 0.6 is 11.8 Å². The van der Waals surface area contributed by atoms with Crippen molar-refractivity contribution < 1.29 is 4.42 Å². The number of guanidine groups is 1. The minimum Gasteiger partial charge on any atom is -0.444 e. The Hall–Kier alpha value is -1.95. The van der Waals surface area contributed by atoms with Crippen molar-refractivity contribution in [3.63, 3.8) is 0 Å². The number of nitrogens with one attached hydrogen (secondary N) is 2. The van der Waals surface area contributed by atoms with E-state index in [1.165, 1.54) is 24.8 Å². The summed E-state index contributed by atoms with van der Waals surface area (Å²) in [7, 11) is 0. The average Bonchev–Trinajstić information content (AvgIpc) is 3.32. The fourth-order valence-corrected chi connectivity index (χ4v) is 4.13. The molecule has 0 spiro atoms. The summed E-state index contributed by atoms with van der Waals surface area (Å²) < 4.78 is 5.63. The van der Waals surface area contributed by atoms with Gasteiger partial charge in [-0.05, 0) is 51.5 Å². The van der Waals surface area contributed by atoms with E-state index in [0.717, 1.165) is 35.4 Å². The first-order valence-corrected chi connectivity index (χ1v) is 11.1. The summed E-state index contributed by atoms with van der Waals surface area (Å²) in [5.41, 5.74) is 3.18. The van der Waals surface area contributed by atoms with E-state index in [1.807, 2.05) is 23.9 Å². The molecule has 1 saturated carbocycles. The van der Waals surface area contributed by atoms with E-state index in [0.29, 0.717) is 18.5 Å². The van der Waals surface area contributed by atoms with Crippen LogP contribution in [0.5, 0.6) is 0 Å². The first kappa shape index (κ1) is 19.8. The maximum Gasteiger partial charge on any atom is 0.226 e. The van der Waals surface area contributed by atoms with Gasteiger partial charge in [0, 0.05) is 36.4 Å². The van der Waals surface area contributed by atoms with Crippen molar-refractivity contribution in [2.75, 3.05) is 19.3 Å². The van der Waals surface area contributed by atoms with Crippen LogP contribution in [0.3, 0.4) is 0 Å². The second-order valence-electron chi connectivity index (χ2n) is 7.03. The van der Waals surface area contributed by atoms with Crippen molar-refractivity contribution in [3.8, 4) is 11.5 Å². The SMILES string of the molecule is CCNC(=NCCc1coc(-c2ccc(C)cc2)n1)NC1CCC(SC)C1. The molecular weight excluding hydrogens is 356 g/mol. The monoisotopic (exact) mass is 386 g/mol. The zero-order valence-corrected chi connectivity index (χ0v) is 17.3. The van der Waals surface area contributed by atoms with Crippen LogP contribution in [-0.2, 0) is 6.42 Å². The fraction of sp³-hybridized carbons (Fsp3) is 0.524. The van der Waals surface area contributed by atoms with Gasteiger partial charge in [-0.2, -0.15) is 11.8 Å². The topological polar surface area (TPSA) is 62.5 Å². The number of rotatable bonds is 7. The molecule has 27 heavy (non-hydrogen) atoms. The number of aliphatic imine (C=N–C) groups is 1. The number of nitrogens with zero attached hydrogens (tertiary/aromatic N) is 2. The van der Waals surface area contributed by atoms with E-state index in [9.17, 15) is 0 Å². The molecule has 1 aromatic heterocycles. The molecular formula is C21H30N4OS. The zero-order chi connectivity index (χ0) is 19.1. The van der Waals surface area contributed by atoms with Gasteiger partial charge in [-0.25, -0.2) is 4.98 Å². The van der Waals surface area contributed by atoms with Crippen LogP contribution in [-0.4, -0.2) is 41.6 Å². The number of thioether (sulfide) groups is 1. The molecule has 1 aliphatic rings. The highest BCUT2D eigenvalue weighted by atomic mass is 32.2. The molecule has 2 atom stereocenters. The minimum absolute atomic E-state index is 0.528. The summed E-state index contributed by atoms with van der Waals surface area (Å²) in [4.78, 5) is 9.32. The molecule has 1 heterocycles. The van der Waals surface area contributed by atoms with Crippen molar-refractivity contribution in [1.29, 1.82) is 0 Å². The van der Waals surface area contributed by atoms with Crippen molar-refractivity contribution in [3.05, 3.63) is 41.8 Å². The van der Waals surface area contributed by atoms with E-state index in [2.05, 4.69) is 47.9 Å². The molecule has 6 heteroatoms. The van der Waals surface area contributed by atoms with Gasteiger partial charge in [0.1, 0.15) is 6.26 Å². The molecule has 0 amide bonds. The van der Waals surface area contributed by atoms with Gasteiger partial charge in [0.25, 0.3) is 0 Å². The normalized spacial score (nSPS) is 20.0. The largest absolute Gasteiger partial charge is 0.444 e. The number of oxazole rings is 1. The van der Waals surface area contributed by atoms with E-state index in [4.69, 9.17) is 9.41 Å². The Morgan fingerprint density at radius 1 is 1.30 bits per heavy atom. The first-order valence-electron chi connectivity index (χ1n) is 9.77. The van der Waals surface area contributed by atoms with Crippen LogP contribution in [0.2, 0.25) is 0 Å². The Kier molecular flexibility index (Phi) is 7.21. The molecule has 2 N–H and O–H groups in total. The van der Waals surface area contributed by atoms with Gasteiger partial charge in [-0.1, -0.05) is 17.7 Å². The number of aryl methyl sites for hydroxylation is 1. The Morgan fingerprint density at radius 2 is 2.11 bits per heavy atom. The van der Waals surface area contributed by atoms with E-state index < -0.39 is 0 Å². The Bertz CT molecular complexity index is 741. The van der Waals surface area contributed by atoms with Gasteiger partial charge in [0.15, 0.2) is 5.96 Å². The molecule has 1 fully saturated rings. The Labute approximate surface area is 166 Å². The highest BCUT2D eigenvalue weighted by Gasteiger charge is 2.24. The van der Waals surface area contributed by atoms with E-state index in [-0.39, 0.29) is 0 Å². The van der Waals surface area contributed by atoms with Crippen LogP contribution in [0, 0.1) is 6.92 Å². The number of hydrogen-bond acceptors (Lipinski definition) is 4. The third kappa shape index (κ3) is 5.76. The lowest BCUT2D eigenvalue weighted by Crippen LogP contribution is -2.42. The molecule has 1 aliphatic carbocycles. The summed E-state index contributed by atoms with van der Waals surface area (Å²) in [6.07, 6.45) is 8.44. The van der Waals surface area contributed by atoms with Gasteiger partial charge in [-0.15, -0.1) is 0 Å². The lowest BCUT2D eigenvalue weighted by molar-refractivity contribution is 0.572. The number of aromatic nitrogens is 1. The molecule has 5 nitrogen and oxygen atoms in total. The van der Waals surface area contributed by atoms with Gasteiger partial charge in [0.2, 0.25) is 5.89 Å². The second kappa shape index (κ2) is 9.83. The molecule has 2 aromatic rings. The lowest BCUT2D eigenvalue weighted by atomic mass is 10.1. The summed E-state index contributed by atoms with van der Waals surface area (Å²) in [5.74, 6) is 1.58. The lowest BCUT2D eigenvalue weighted by Gasteiger charge is -2.17. The number of hydrogen-bond donors (Lipinski definition) is 2. The van der Waals surface area contributed by atoms with Crippen molar-refractivity contribution in [2.24, 2.45) is 4.99 Å². The van der Waals surface area contributed by atoms with E-state index in [1.54, 1.807) is 6.26 Å². The van der Waals surface area contributed by atoms with Crippen molar-refractivity contribution in [1.82, 2.24) is 15.6 Å². The summed E-state index contributed by atoms with van der Waals surface area (Å²) in [6.45, 7) is 5.73. The third-order valence-corrected chi connectivity index (χ3v) is 5.99. The predicted molar refractivity (Wildman–Crippen MR) is 114 cm³/mol. The molecule has 0 aliphatic heterocycles. The van der Waals surface area contributed by atoms with Crippen LogP contribution in [0.4, 0.5) is 0 Å². The Morgan fingerprint density at radius 3 is 2.81 bits per heavy atom. The van der Waals surface area contributed by atoms with Gasteiger partial charge < -0.3 is 15.1 Å². The van der Waals surface area contributed by atoms with Crippen molar-refractivity contribution in [2.45, 2.75) is 50.8 Å². The zero-order valence-electron chi connectivity index (χ0n) is 16.5. The first-order chi connectivity index (χ1) is 13.2. The van der Waals surface area contributed by atoms with Gasteiger partial charge in [0.05, 0.1) is 5.69 Å². The van der Waals surface area contributed by atoms with Gasteiger partial charge >= 0.3 is 0 Å². The fourth-order valence-electron chi connectivity index (χ4n) is 3.33. The highest BCUT2D eigenvalue weighted by Crippen LogP contribution is 2.28. The standard InChI is InChI=1S/C21H30N4OS/c1-4-22-21(25-17-9-10-19(13-17)27-3)23-12-11-18-14-26-20(24-18)16-7-5-15(2)6-8-16/h5-8,14,17,19H,4,9-13H2,1-3H3,(H2,22,23,25). The van der Waals surface area contributed by atoms with Gasteiger partial charge in [-0.3, -0.25) is 4.99 Å². The van der Waals surface area contributed by atoms with Crippen LogP contribution in [0.1, 0.15) is 37.4 Å². The molecule has 2 unspecified atom stereocenters. The molecule has 0 bridgehead atoms. The van der Waals surface area contributed by atoms with Crippen LogP contribution < -0.4 is 10.6 Å². The minimum atomic E-state index is 0.528. The maximum absolute atomic E-state index is 5.63. The predicted octanol–water partition coefficient (Wildman–Crippen LogP) is 4.03.